The number of aromatic nitrogens is 1. The van der Waals surface area contributed by atoms with Crippen molar-refractivity contribution in [2.45, 2.75) is 31.7 Å². The molecule has 0 unspecified atom stereocenters. The first-order valence-corrected chi connectivity index (χ1v) is 7.62. The highest BCUT2D eigenvalue weighted by Gasteiger charge is 2.38. The lowest BCUT2D eigenvalue weighted by atomic mass is 10.3. The summed E-state index contributed by atoms with van der Waals surface area (Å²) in [5.41, 5.74) is 5.91. The van der Waals surface area contributed by atoms with Gasteiger partial charge in [-0.15, -0.1) is 0 Å². The average Bonchev–Trinajstić information content (AvgIpc) is 3.24. The maximum Gasteiger partial charge on any atom is 0.268 e. The zero-order valence-electron chi connectivity index (χ0n) is 11.4. The first kappa shape index (κ1) is 12.7. The fraction of sp³-hybridized carbons (Fsp3) is 0.692. The van der Waals surface area contributed by atoms with E-state index in [1.165, 1.54) is 24.2 Å². The molecule has 104 valence electrons. The van der Waals surface area contributed by atoms with E-state index in [0.717, 1.165) is 24.5 Å². The molecule has 6 heteroatoms. The van der Waals surface area contributed by atoms with E-state index in [1.807, 2.05) is 23.9 Å². The van der Waals surface area contributed by atoms with E-state index in [2.05, 4.69) is 4.98 Å². The third-order valence-electron chi connectivity index (χ3n) is 3.62. The van der Waals surface area contributed by atoms with Gasteiger partial charge < -0.3 is 15.5 Å². The Morgan fingerprint density at radius 3 is 2.53 bits per heavy atom. The molecular formula is C13H20N4OS. The minimum atomic E-state index is 0.0810. The fourth-order valence-electron chi connectivity index (χ4n) is 2.16. The molecule has 0 bridgehead atoms. The Bertz CT molecular complexity index is 491. The molecule has 19 heavy (non-hydrogen) atoms. The number of rotatable bonds is 5. The Hall–Kier alpha value is -1.30. The Labute approximate surface area is 117 Å². The number of hydrogen-bond donors (Lipinski definition) is 1. The van der Waals surface area contributed by atoms with Crippen LogP contribution in [0, 0.1) is 5.92 Å². The monoisotopic (exact) mass is 280 g/mol. The van der Waals surface area contributed by atoms with Crippen molar-refractivity contribution in [3.05, 3.63) is 4.88 Å². The predicted molar refractivity (Wildman–Crippen MR) is 77.6 cm³/mol. The third kappa shape index (κ3) is 2.68. The topological polar surface area (TPSA) is 62.5 Å². The van der Waals surface area contributed by atoms with Crippen molar-refractivity contribution in [1.29, 1.82) is 0 Å². The summed E-state index contributed by atoms with van der Waals surface area (Å²) in [5, 5.41) is 0.794. The molecule has 1 heterocycles. The SMILES string of the molecule is CN(C)c1nc(N)c(C(=O)N(CC2CC2)C2CC2)s1. The van der Waals surface area contributed by atoms with Crippen molar-refractivity contribution in [3.63, 3.8) is 0 Å². The van der Waals surface area contributed by atoms with E-state index in [4.69, 9.17) is 5.73 Å². The summed E-state index contributed by atoms with van der Waals surface area (Å²) >= 11 is 1.40. The molecule has 0 atom stereocenters. The van der Waals surface area contributed by atoms with E-state index < -0.39 is 0 Å². The number of carbonyl (C=O) groups excluding carboxylic acids is 1. The number of amides is 1. The van der Waals surface area contributed by atoms with Crippen molar-refractivity contribution < 1.29 is 4.79 Å². The molecule has 0 saturated heterocycles. The smallest absolute Gasteiger partial charge is 0.268 e. The fourth-order valence-corrected chi connectivity index (χ4v) is 3.02. The van der Waals surface area contributed by atoms with Crippen LogP contribution in [0.5, 0.6) is 0 Å². The highest BCUT2D eigenvalue weighted by Crippen LogP contribution is 2.37. The molecule has 0 aromatic carbocycles. The molecule has 1 aromatic rings. The molecular weight excluding hydrogens is 260 g/mol. The molecule has 0 spiro atoms. The maximum absolute atomic E-state index is 12.6. The van der Waals surface area contributed by atoms with Crippen LogP contribution in [0.2, 0.25) is 0 Å². The van der Waals surface area contributed by atoms with Gasteiger partial charge in [0.15, 0.2) is 5.13 Å². The van der Waals surface area contributed by atoms with Gasteiger partial charge in [0, 0.05) is 26.7 Å². The highest BCUT2D eigenvalue weighted by atomic mass is 32.1. The molecule has 2 fully saturated rings. The number of carbonyl (C=O) groups is 1. The van der Waals surface area contributed by atoms with Crippen LogP contribution in [0.1, 0.15) is 35.4 Å². The number of nitrogen functional groups attached to an aromatic ring is 1. The van der Waals surface area contributed by atoms with Crippen molar-refractivity contribution >= 4 is 28.2 Å². The van der Waals surface area contributed by atoms with Gasteiger partial charge in [0.05, 0.1) is 0 Å². The largest absolute Gasteiger partial charge is 0.382 e. The molecule has 1 aromatic heterocycles. The van der Waals surface area contributed by atoms with Crippen molar-refractivity contribution in [1.82, 2.24) is 9.88 Å². The van der Waals surface area contributed by atoms with E-state index in [9.17, 15) is 4.79 Å². The van der Waals surface area contributed by atoms with Gasteiger partial charge in [-0.2, -0.15) is 0 Å². The van der Waals surface area contributed by atoms with Crippen LogP contribution in [0.15, 0.2) is 0 Å². The summed E-state index contributed by atoms with van der Waals surface area (Å²) in [6.45, 7) is 0.901. The number of hydrogen-bond acceptors (Lipinski definition) is 5. The van der Waals surface area contributed by atoms with E-state index in [1.54, 1.807) is 0 Å². The molecule has 1 amide bonds. The molecule has 2 aliphatic carbocycles. The van der Waals surface area contributed by atoms with Gasteiger partial charge >= 0.3 is 0 Å². The summed E-state index contributed by atoms with van der Waals surface area (Å²) in [4.78, 5) is 21.4. The second-order valence-electron chi connectivity index (χ2n) is 5.74. The first-order chi connectivity index (χ1) is 9.06. The first-order valence-electron chi connectivity index (χ1n) is 6.81. The van der Waals surface area contributed by atoms with Gasteiger partial charge in [0.1, 0.15) is 10.7 Å². The predicted octanol–water partition coefficient (Wildman–Crippen LogP) is 1.81. The van der Waals surface area contributed by atoms with Crippen molar-refractivity contribution in [3.8, 4) is 0 Å². The Morgan fingerprint density at radius 1 is 1.37 bits per heavy atom. The Kier molecular flexibility index (Phi) is 3.12. The molecule has 0 radical (unpaired) electrons. The van der Waals surface area contributed by atoms with Crippen LogP contribution < -0.4 is 10.6 Å². The normalized spacial score (nSPS) is 18.4. The van der Waals surface area contributed by atoms with E-state index >= 15 is 0 Å². The summed E-state index contributed by atoms with van der Waals surface area (Å²) in [6.07, 6.45) is 4.80. The van der Waals surface area contributed by atoms with Gasteiger partial charge in [-0.1, -0.05) is 11.3 Å². The minimum Gasteiger partial charge on any atom is -0.382 e. The lowest BCUT2D eigenvalue weighted by Crippen LogP contribution is -2.34. The summed E-state index contributed by atoms with van der Waals surface area (Å²) in [7, 11) is 3.82. The van der Waals surface area contributed by atoms with Gasteiger partial charge in [0.2, 0.25) is 0 Å². The second kappa shape index (κ2) is 4.67. The van der Waals surface area contributed by atoms with E-state index in [-0.39, 0.29) is 5.91 Å². The molecule has 3 rings (SSSR count). The molecule has 0 aliphatic heterocycles. The van der Waals surface area contributed by atoms with Crippen LogP contribution in [0.3, 0.4) is 0 Å². The molecule has 2 saturated carbocycles. The van der Waals surface area contributed by atoms with Gasteiger partial charge in [0.25, 0.3) is 5.91 Å². The maximum atomic E-state index is 12.6. The van der Waals surface area contributed by atoms with Gasteiger partial charge in [-0.25, -0.2) is 4.98 Å². The highest BCUT2D eigenvalue weighted by molar-refractivity contribution is 7.18. The number of nitrogens with two attached hydrogens (primary N) is 1. The van der Waals surface area contributed by atoms with Crippen LogP contribution in [-0.4, -0.2) is 42.5 Å². The average molecular weight is 280 g/mol. The van der Waals surface area contributed by atoms with Gasteiger partial charge in [-0.05, 0) is 31.6 Å². The number of thiazole rings is 1. The number of anilines is 2. The van der Waals surface area contributed by atoms with Crippen LogP contribution in [0.4, 0.5) is 10.9 Å². The standard InChI is InChI=1S/C13H20N4OS/c1-16(2)13-15-11(14)10(19-13)12(18)17(9-5-6-9)7-8-3-4-8/h8-9H,3-7,14H2,1-2H3. The Balaban J connectivity index is 1.80. The lowest BCUT2D eigenvalue weighted by molar-refractivity contribution is 0.0740. The summed E-state index contributed by atoms with van der Waals surface area (Å²) in [5.74, 6) is 1.17. The number of nitrogens with zero attached hydrogens (tertiary/aromatic N) is 3. The van der Waals surface area contributed by atoms with Crippen LogP contribution >= 0.6 is 11.3 Å². The van der Waals surface area contributed by atoms with Crippen molar-refractivity contribution in [2.24, 2.45) is 5.92 Å². The second-order valence-corrected chi connectivity index (χ2v) is 6.71. The zero-order chi connectivity index (χ0) is 13.6. The Morgan fingerprint density at radius 2 is 2.05 bits per heavy atom. The molecule has 2 aliphatic rings. The summed E-state index contributed by atoms with van der Waals surface area (Å²) in [6, 6.07) is 0.442. The van der Waals surface area contributed by atoms with Crippen molar-refractivity contribution in [2.75, 3.05) is 31.3 Å². The molecule has 2 N–H and O–H groups in total. The molecule has 5 nitrogen and oxygen atoms in total. The van der Waals surface area contributed by atoms with Gasteiger partial charge in [-0.3, -0.25) is 4.79 Å². The summed E-state index contributed by atoms with van der Waals surface area (Å²) < 4.78 is 0. The minimum absolute atomic E-state index is 0.0810. The quantitative estimate of drug-likeness (QED) is 0.893. The lowest BCUT2D eigenvalue weighted by Gasteiger charge is -2.21. The van der Waals surface area contributed by atoms with E-state index in [0.29, 0.717) is 22.7 Å². The zero-order valence-corrected chi connectivity index (χ0v) is 12.2. The third-order valence-corrected chi connectivity index (χ3v) is 4.85. The van der Waals surface area contributed by atoms with Crippen LogP contribution in [0.25, 0.3) is 0 Å². The van der Waals surface area contributed by atoms with Crippen LogP contribution in [-0.2, 0) is 0 Å².